The summed E-state index contributed by atoms with van der Waals surface area (Å²) in [6, 6.07) is 11.0. The summed E-state index contributed by atoms with van der Waals surface area (Å²) in [4.78, 5) is 16.1. The maximum absolute atomic E-state index is 11.8. The maximum atomic E-state index is 11.8. The molecule has 0 saturated carbocycles. The van der Waals surface area contributed by atoms with Crippen LogP contribution < -0.4 is 9.47 Å². The minimum Gasteiger partial charge on any atom is -0.481 e. The van der Waals surface area contributed by atoms with Gasteiger partial charge in [-0.05, 0) is 26.0 Å². The van der Waals surface area contributed by atoms with Crippen LogP contribution >= 0.6 is 0 Å². The molecular formula is C17H17NO4. The first-order chi connectivity index (χ1) is 10.4. The van der Waals surface area contributed by atoms with E-state index in [9.17, 15) is 9.90 Å². The summed E-state index contributed by atoms with van der Waals surface area (Å²) in [5.41, 5.74) is 0.617. The number of carboxylic acid groups (broad SMARTS) is 1. The van der Waals surface area contributed by atoms with E-state index in [4.69, 9.17) is 9.47 Å². The van der Waals surface area contributed by atoms with Crippen LogP contribution in [0, 0.1) is 5.41 Å². The SMILES string of the molecule is COc1ccc2c(n1)Oc1ccccc1C2C(C)(C)C(=O)O. The summed E-state index contributed by atoms with van der Waals surface area (Å²) < 4.78 is 11.0. The van der Waals surface area contributed by atoms with Gasteiger partial charge in [-0.1, -0.05) is 18.2 Å². The van der Waals surface area contributed by atoms with Gasteiger partial charge in [-0.2, -0.15) is 4.98 Å². The van der Waals surface area contributed by atoms with Crippen molar-refractivity contribution in [1.29, 1.82) is 0 Å². The molecule has 1 aromatic heterocycles. The Balaban J connectivity index is 2.23. The molecule has 0 aliphatic carbocycles. The zero-order valence-electron chi connectivity index (χ0n) is 12.7. The second-order valence-electron chi connectivity index (χ2n) is 5.85. The van der Waals surface area contributed by atoms with Crippen molar-refractivity contribution in [3.8, 4) is 17.5 Å². The maximum Gasteiger partial charge on any atom is 0.310 e. The number of carbonyl (C=O) groups is 1. The molecule has 0 spiro atoms. The number of methoxy groups -OCH3 is 1. The van der Waals surface area contributed by atoms with E-state index in [-0.39, 0.29) is 5.92 Å². The standard InChI is InChI=1S/C17H17NO4/c1-17(2,16(19)20)14-10-6-4-5-7-12(10)22-15-11(14)8-9-13(18-15)21-3/h4-9,14H,1-3H3,(H,19,20). The molecule has 5 heteroatoms. The quantitative estimate of drug-likeness (QED) is 0.940. The first-order valence-electron chi connectivity index (χ1n) is 7.00. The van der Waals surface area contributed by atoms with Crippen molar-refractivity contribution >= 4 is 5.97 Å². The van der Waals surface area contributed by atoms with Crippen LogP contribution in [0.3, 0.4) is 0 Å². The van der Waals surface area contributed by atoms with Gasteiger partial charge in [0.15, 0.2) is 0 Å². The zero-order chi connectivity index (χ0) is 15.9. The van der Waals surface area contributed by atoms with Gasteiger partial charge in [-0.25, -0.2) is 0 Å². The molecule has 22 heavy (non-hydrogen) atoms. The Labute approximate surface area is 128 Å². The summed E-state index contributed by atoms with van der Waals surface area (Å²) in [6.45, 7) is 3.44. The largest absolute Gasteiger partial charge is 0.481 e. The van der Waals surface area contributed by atoms with E-state index in [1.807, 2.05) is 30.3 Å². The molecule has 1 unspecified atom stereocenters. The summed E-state index contributed by atoms with van der Waals surface area (Å²) in [5, 5.41) is 9.66. The van der Waals surface area contributed by atoms with Gasteiger partial charge >= 0.3 is 5.97 Å². The van der Waals surface area contributed by atoms with Crippen molar-refractivity contribution in [2.24, 2.45) is 5.41 Å². The molecule has 0 fully saturated rings. The smallest absolute Gasteiger partial charge is 0.310 e. The molecule has 114 valence electrons. The Hall–Kier alpha value is -2.56. The predicted molar refractivity (Wildman–Crippen MR) is 80.6 cm³/mol. The average molecular weight is 299 g/mol. The highest BCUT2D eigenvalue weighted by Gasteiger charge is 2.44. The van der Waals surface area contributed by atoms with Crippen molar-refractivity contribution in [2.45, 2.75) is 19.8 Å². The molecule has 2 aromatic rings. The van der Waals surface area contributed by atoms with Gasteiger partial charge in [-0.15, -0.1) is 0 Å². The van der Waals surface area contributed by atoms with Gasteiger partial charge in [0.25, 0.3) is 0 Å². The molecule has 1 N–H and O–H groups in total. The average Bonchev–Trinajstić information content (AvgIpc) is 2.51. The van der Waals surface area contributed by atoms with E-state index in [0.717, 1.165) is 11.1 Å². The number of rotatable bonds is 3. The van der Waals surface area contributed by atoms with Gasteiger partial charge < -0.3 is 14.6 Å². The molecule has 1 atom stereocenters. The molecule has 0 radical (unpaired) electrons. The number of aromatic nitrogens is 1. The van der Waals surface area contributed by atoms with Crippen molar-refractivity contribution in [3.63, 3.8) is 0 Å². The van der Waals surface area contributed by atoms with Crippen LogP contribution in [0.4, 0.5) is 0 Å². The fourth-order valence-electron chi connectivity index (χ4n) is 2.83. The number of benzene rings is 1. The fourth-order valence-corrected chi connectivity index (χ4v) is 2.83. The summed E-state index contributed by atoms with van der Waals surface area (Å²) in [5.74, 6) is 0.261. The van der Waals surface area contributed by atoms with Crippen LogP contribution in [0.25, 0.3) is 0 Å². The number of ether oxygens (including phenoxy) is 2. The lowest BCUT2D eigenvalue weighted by molar-refractivity contribution is -0.147. The molecule has 0 amide bonds. The Bertz CT molecular complexity index is 739. The zero-order valence-corrected chi connectivity index (χ0v) is 12.7. The van der Waals surface area contributed by atoms with Crippen LogP contribution in [0.15, 0.2) is 36.4 Å². The third-order valence-corrected chi connectivity index (χ3v) is 4.09. The van der Waals surface area contributed by atoms with E-state index in [2.05, 4.69) is 4.98 Å². The van der Waals surface area contributed by atoms with Crippen molar-refractivity contribution < 1.29 is 19.4 Å². The van der Waals surface area contributed by atoms with Gasteiger partial charge in [0.2, 0.25) is 11.8 Å². The number of hydrogen-bond acceptors (Lipinski definition) is 4. The number of carboxylic acids is 1. The second kappa shape index (κ2) is 5.02. The Morgan fingerprint density at radius 2 is 1.95 bits per heavy atom. The highest BCUT2D eigenvalue weighted by Crippen LogP contribution is 2.51. The third kappa shape index (κ3) is 2.09. The first kappa shape index (κ1) is 14.4. The van der Waals surface area contributed by atoms with E-state index in [0.29, 0.717) is 17.5 Å². The first-order valence-corrected chi connectivity index (χ1v) is 7.00. The molecule has 1 aromatic carbocycles. The van der Waals surface area contributed by atoms with E-state index in [1.54, 1.807) is 19.9 Å². The fraction of sp³-hybridized carbons (Fsp3) is 0.294. The van der Waals surface area contributed by atoms with E-state index < -0.39 is 11.4 Å². The molecule has 5 nitrogen and oxygen atoms in total. The number of pyridine rings is 1. The molecule has 3 rings (SSSR count). The monoisotopic (exact) mass is 299 g/mol. The van der Waals surface area contributed by atoms with Crippen molar-refractivity contribution in [2.75, 3.05) is 7.11 Å². The van der Waals surface area contributed by atoms with Crippen LogP contribution in [-0.2, 0) is 4.79 Å². The van der Waals surface area contributed by atoms with E-state index >= 15 is 0 Å². The summed E-state index contributed by atoms with van der Waals surface area (Å²) in [7, 11) is 1.53. The molecule has 2 heterocycles. The number of para-hydroxylation sites is 1. The lowest BCUT2D eigenvalue weighted by Crippen LogP contribution is -2.33. The van der Waals surface area contributed by atoms with Crippen molar-refractivity contribution in [1.82, 2.24) is 4.98 Å². The highest BCUT2D eigenvalue weighted by molar-refractivity contribution is 5.77. The van der Waals surface area contributed by atoms with Gasteiger partial charge in [0, 0.05) is 23.1 Å². The molecule has 0 saturated heterocycles. The topological polar surface area (TPSA) is 68.7 Å². The number of nitrogens with zero attached hydrogens (tertiary/aromatic N) is 1. The normalized spacial score (nSPS) is 16.2. The predicted octanol–water partition coefficient (Wildman–Crippen LogP) is 3.44. The molecule has 1 aliphatic heterocycles. The van der Waals surface area contributed by atoms with Gasteiger partial charge in [0.05, 0.1) is 12.5 Å². The van der Waals surface area contributed by atoms with Gasteiger partial charge in [-0.3, -0.25) is 4.79 Å². The van der Waals surface area contributed by atoms with Crippen LogP contribution in [-0.4, -0.2) is 23.2 Å². The third-order valence-electron chi connectivity index (χ3n) is 4.09. The number of aliphatic carboxylic acids is 1. The van der Waals surface area contributed by atoms with Crippen LogP contribution in [0.5, 0.6) is 17.5 Å². The minimum absolute atomic E-state index is 0.344. The number of fused-ring (bicyclic) bond motifs is 2. The lowest BCUT2D eigenvalue weighted by Gasteiger charge is -2.35. The van der Waals surface area contributed by atoms with Crippen LogP contribution in [0.2, 0.25) is 0 Å². The Morgan fingerprint density at radius 1 is 1.23 bits per heavy atom. The highest BCUT2D eigenvalue weighted by atomic mass is 16.5. The van der Waals surface area contributed by atoms with Crippen LogP contribution in [0.1, 0.15) is 30.9 Å². The second-order valence-corrected chi connectivity index (χ2v) is 5.85. The summed E-state index contributed by atoms with van der Waals surface area (Å²) >= 11 is 0. The van der Waals surface area contributed by atoms with Crippen molar-refractivity contribution in [3.05, 3.63) is 47.5 Å². The Morgan fingerprint density at radius 3 is 2.64 bits per heavy atom. The van der Waals surface area contributed by atoms with Gasteiger partial charge in [0.1, 0.15) is 5.75 Å². The molecule has 0 bridgehead atoms. The molecular weight excluding hydrogens is 282 g/mol. The molecule has 1 aliphatic rings. The minimum atomic E-state index is -0.995. The summed E-state index contributed by atoms with van der Waals surface area (Å²) in [6.07, 6.45) is 0. The Kier molecular flexibility index (Phi) is 3.28. The van der Waals surface area contributed by atoms with E-state index in [1.165, 1.54) is 7.11 Å². The number of hydrogen-bond donors (Lipinski definition) is 1. The lowest BCUT2D eigenvalue weighted by atomic mass is 9.70.